The summed E-state index contributed by atoms with van der Waals surface area (Å²) in [6, 6.07) is 15.2. The molecule has 0 bridgehead atoms. The molecule has 2 heterocycles. The van der Waals surface area contributed by atoms with Gasteiger partial charge in [-0.3, -0.25) is 0 Å². The van der Waals surface area contributed by atoms with Crippen molar-refractivity contribution in [1.29, 1.82) is 0 Å². The molecule has 0 saturated heterocycles. The zero-order chi connectivity index (χ0) is 15.9. The van der Waals surface area contributed by atoms with Crippen LogP contribution in [0.2, 0.25) is 0 Å². The Hall–Kier alpha value is -2.01. The monoisotopic (exact) mass is 330 g/mol. The van der Waals surface area contributed by atoms with Gasteiger partial charge in [-0.25, -0.2) is 8.42 Å². The average molecular weight is 330 g/mol. The van der Waals surface area contributed by atoms with Gasteiger partial charge in [-0.05, 0) is 36.1 Å². The summed E-state index contributed by atoms with van der Waals surface area (Å²) in [5.41, 5.74) is 0.475. The van der Waals surface area contributed by atoms with Crippen molar-refractivity contribution in [1.82, 2.24) is 0 Å². The summed E-state index contributed by atoms with van der Waals surface area (Å²) in [6.07, 6.45) is 2.37. The SMILES string of the molecule is O=S(=O)(C1CCc2ccccc2O1)C1CCc2ccccc2O1. The molecule has 0 amide bonds. The molecule has 0 fully saturated rings. The van der Waals surface area contributed by atoms with Gasteiger partial charge in [0.1, 0.15) is 11.5 Å². The van der Waals surface area contributed by atoms with Crippen molar-refractivity contribution < 1.29 is 17.9 Å². The molecule has 2 unspecified atom stereocenters. The van der Waals surface area contributed by atoms with Crippen LogP contribution in [0.1, 0.15) is 24.0 Å². The highest BCUT2D eigenvalue weighted by Crippen LogP contribution is 2.34. The van der Waals surface area contributed by atoms with Crippen LogP contribution in [-0.4, -0.2) is 19.3 Å². The highest BCUT2D eigenvalue weighted by atomic mass is 32.2. The van der Waals surface area contributed by atoms with E-state index in [0.29, 0.717) is 37.2 Å². The van der Waals surface area contributed by atoms with Crippen molar-refractivity contribution in [3.05, 3.63) is 59.7 Å². The lowest BCUT2D eigenvalue weighted by atomic mass is 10.1. The molecule has 5 heteroatoms. The number of hydrogen-bond acceptors (Lipinski definition) is 4. The average Bonchev–Trinajstić information content (AvgIpc) is 2.61. The molecule has 0 radical (unpaired) electrons. The second-order valence-electron chi connectivity index (χ2n) is 5.98. The first-order valence-electron chi connectivity index (χ1n) is 7.86. The van der Waals surface area contributed by atoms with Crippen LogP contribution in [0, 0.1) is 0 Å². The highest BCUT2D eigenvalue weighted by Gasteiger charge is 2.40. The maximum atomic E-state index is 12.9. The second kappa shape index (κ2) is 5.57. The normalized spacial score (nSPS) is 23.1. The number of para-hydroxylation sites is 2. The molecule has 0 spiro atoms. The number of hydrogen-bond donors (Lipinski definition) is 0. The van der Waals surface area contributed by atoms with Gasteiger partial charge in [0.25, 0.3) is 0 Å². The van der Waals surface area contributed by atoms with Gasteiger partial charge in [-0.1, -0.05) is 36.4 Å². The minimum Gasteiger partial charge on any atom is -0.474 e. The van der Waals surface area contributed by atoms with E-state index >= 15 is 0 Å². The Morgan fingerprint density at radius 1 is 0.739 bits per heavy atom. The van der Waals surface area contributed by atoms with Crippen molar-refractivity contribution in [2.75, 3.05) is 0 Å². The number of fused-ring (bicyclic) bond motifs is 2. The molecule has 4 nitrogen and oxygen atoms in total. The fraction of sp³-hybridized carbons (Fsp3) is 0.333. The lowest BCUT2D eigenvalue weighted by molar-refractivity contribution is 0.207. The molecule has 23 heavy (non-hydrogen) atoms. The Bertz CT molecular complexity index is 765. The Labute approximate surface area is 136 Å². The number of aryl methyl sites for hydroxylation is 2. The van der Waals surface area contributed by atoms with Crippen molar-refractivity contribution in [3.63, 3.8) is 0 Å². The van der Waals surface area contributed by atoms with Crippen LogP contribution in [-0.2, 0) is 22.7 Å². The van der Waals surface area contributed by atoms with Crippen LogP contribution in [0.25, 0.3) is 0 Å². The predicted molar refractivity (Wildman–Crippen MR) is 87.3 cm³/mol. The number of sulfone groups is 1. The lowest BCUT2D eigenvalue weighted by Gasteiger charge is -2.31. The molecule has 2 aromatic rings. The summed E-state index contributed by atoms with van der Waals surface area (Å²) in [4.78, 5) is 0. The smallest absolute Gasteiger partial charge is 0.225 e. The van der Waals surface area contributed by atoms with E-state index < -0.39 is 20.7 Å². The first kappa shape index (κ1) is 14.6. The summed E-state index contributed by atoms with van der Waals surface area (Å²) in [5, 5.41) is 0. The van der Waals surface area contributed by atoms with Gasteiger partial charge >= 0.3 is 0 Å². The molecule has 2 atom stereocenters. The predicted octanol–water partition coefficient (Wildman–Crippen LogP) is 3.10. The van der Waals surface area contributed by atoms with Gasteiger partial charge in [0.05, 0.1) is 0 Å². The van der Waals surface area contributed by atoms with Crippen LogP contribution in [0.3, 0.4) is 0 Å². The van der Waals surface area contributed by atoms with Crippen LogP contribution in [0.5, 0.6) is 11.5 Å². The van der Waals surface area contributed by atoms with E-state index in [2.05, 4.69) is 0 Å². The van der Waals surface area contributed by atoms with Crippen LogP contribution in [0.4, 0.5) is 0 Å². The minimum absolute atomic E-state index is 0.473. The van der Waals surface area contributed by atoms with Gasteiger partial charge in [-0.15, -0.1) is 0 Å². The molecule has 2 aliphatic rings. The molecule has 0 saturated carbocycles. The molecular formula is C18H18O4S. The van der Waals surface area contributed by atoms with Crippen molar-refractivity contribution in [2.24, 2.45) is 0 Å². The molecule has 2 aromatic carbocycles. The fourth-order valence-electron chi connectivity index (χ4n) is 3.23. The number of rotatable bonds is 2. The zero-order valence-electron chi connectivity index (χ0n) is 12.6. The third-order valence-corrected chi connectivity index (χ3v) is 6.62. The van der Waals surface area contributed by atoms with Crippen molar-refractivity contribution in [2.45, 2.75) is 36.6 Å². The molecule has 4 rings (SSSR count). The van der Waals surface area contributed by atoms with E-state index in [1.54, 1.807) is 0 Å². The molecule has 0 aromatic heterocycles. The van der Waals surface area contributed by atoms with Gasteiger partial charge in [0, 0.05) is 12.8 Å². The van der Waals surface area contributed by atoms with Gasteiger partial charge in [-0.2, -0.15) is 0 Å². The molecule has 0 aliphatic carbocycles. The maximum absolute atomic E-state index is 12.9. The molecule has 120 valence electrons. The largest absolute Gasteiger partial charge is 0.474 e. The van der Waals surface area contributed by atoms with Crippen LogP contribution in [0.15, 0.2) is 48.5 Å². The number of ether oxygens (including phenoxy) is 2. The maximum Gasteiger partial charge on any atom is 0.225 e. The van der Waals surface area contributed by atoms with Gasteiger partial charge in [0.2, 0.25) is 20.7 Å². The Morgan fingerprint density at radius 3 is 1.65 bits per heavy atom. The minimum atomic E-state index is -3.51. The van der Waals surface area contributed by atoms with E-state index in [4.69, 9.17) is 9.47 Å². The van der Waals surface area contributed by atoms with Crippen molar-refractivity contribution in [3.8, 4) is 11.5 Å². The summed E-state index contributed by atoms with van der Waals surface area (Å²) in [7, 11) is -3.51. The second-order valence-corrected chi connectivity index (χ2v) is 8.21. The summed E-state index contributed by atoms with van der Waals surface area (Å²) < 4.78 is 37.4. The topological polar surface area (TPSA) is 52.6 Å². The van der Waals surface area contributed by atoms with E-state index in [1.165, 1.54) is 0 Å². The Morgan fingerprint density at radius 2 is 1.17 bits per heavy atom. The first-order chi connectivity index (χ1) is 11.1. The molecular weight excluding hydrogens is 312 g/mol. The van der Waals surface area contributed by atoms with Crippen molar-refractivity contribution >= 4 is 9.84 Å². The Kier molecular flexibility index (Phi) is 3.53. The first-order valence-corrected chi connectivity index (χ1v) is 9.47. The quantitative estimate of drug-likeness (QED) is 0.849. The third-order valence-electron chi connectivity index (χ3n) is 4.49. The van der Waals surface area contributed by atoms with Crippen LogP contribution < -0.4 is 9.47 Å². The van der Waals surface area contributed by atoms with E-state index in [9.17, 15) is 8.42 Å². The van der Waals surface area contributed by atoms with E-state index in [0.717, 1.165) is 11.1 Å². The van der Waals surface area contributed by atoms with E-state index in [-0.39, 0.29) is 0 Å². The van der Waals surface area contributed by atoms with Gasteiger partial charge in [0.15, 0.2) is 0 Å². The highest BCUT2D eigenvalue weighted by molar-refractivity contribution is 7.92. The standard InChI is InChI=1S/C18H18O4S/c19-23(20,17-11-9-13-5-1-3-7-15(13)21-17)18-12-10-14-6-2-4-8-16(14)22-18/h1-8,17-18H,9-12H2. The third kappa shape index (κ3) is 2.59. The summed E-state index contributed by atoms with van der Waals surface area (Å²) in [6.45, 7) is 0. The summed E-state index contributed by atoms with van der Waals surface area (Å²) in [5.74, 6) is 1.34. The van der Waals surface area contributed by atoms with Crippen LogP contribution >= 0.6 is 0 Å². The fourth-order valence-corrected chi connectivity index (χ4v) is 4.94. The molecule has 2 aliphatic heterocycles. The zero-order valence-corrected chi connectivity index (χ0v) is 13.5. The van der Waals surface area contributed by atoms with E-state index in [1.807, 2.05) is 48.5 Å². The molecule has 0 N–H and O–H groups in total. The lowest BCUT2D eigenvalue weighted by Crippen LogP contribution is -2.42. The van der Waals surface area contributed by atoms with Gasteiger partial charge < -0.3 is 9.47 Å². The Balaban J connectivity index is 1.58. The number of benzene rings is 2. The summed E-state index contributed by atoms with van der Waals surface area (Å²) >= 11 is 0.